The number of sulfonamides is 1. The first-order valence-electron chi connectivity index (χ1n) is 9.43. The van der Waals surface area contributed by atoms with Crippen molar-refractivity contribution in [2.45, 2.75) is 19.4 Å². The third-order valence-electron chi connectivity index (χ3n) is 4.57. The van der Waals surface area contributed by atoms with Gasteiger partial charge in [-0.25, -0.2) is 8.42 Å². The maximum absolute atomic E-state index is 12.8. The third-order valence-corrected chi connectivity index (χ3v) is 5.75. The molecule has 1 amide bonds. The maximum Gasteiger partial charge on any atom is 0.271 e. The molecular formula is C20H26N4O5S. The van der Waals surface area contributed by atoms with Crippen LogP contribution in [0.5, 0.6) is 0 Å². The van der Waals surface area contributed by atoms with Gasteiger partial charge >= 0.3 is 0 Å². The van der Waals surface area contributed by atoms with E-state index in [1.165, 1.54) is 18.2 Å². The van der Waals surface area contributed by atoms with Crippen molar-refractivity contribution >= 4 is 33.0 Å². The molecule has 0 aliphatic carbocycles. The van der Waals surface area contributed by atoms with Gasteiger partial charge in [-0.1, -0.05) is 31.2 Å². The summed E-state index contributed by atoms with van der Waals surface area (Å²) in [6.07, 6.45) is 1.18. The Balaban J connectivity index is 2.16. The average Bonchev–Trinajstić information content (AvgIpc) is 2.71. The van der Waals surface area contributed by atoms with Gasteiger partial charge in [0.15, 0.2) is 0 Å². The van der Waals surface area contributed by atoms with Gasteiger partial charge in [-0.2, -0.15) is 0 Å². The van der Waals surface area contributed by atoms with Gasteiger partial charge in [0.2, 0.25) is 15.9 Å². The summed E-state index contributed by atoms with van der Waals surface area (Å²) in [6, 6.07) is 13.9. The number of nitrogens with zero attached hydrogens (tertiary/aromatic N) is 3. The minimum absolute atomic E-state index is 0.0788. The smallest absolute Gasteiger partial charge is 0.271 e. The van der Waals surface area contributed by atoms with Gasteiger partial charge in [0.1, 0.15) is 6.04 Å². The normalized spacial score (nSPS) is 12.1. The van der Waals surface area contributed by atoms with Crippen molar-refractivity contribution < 1.29 is 18.1 Å². The number of non-ortho nitro benzene ring substituents is 1. The van der Waals surface area contributed by atoms with Crippen molar-refractivity contribution in [2.24, 2.45) is 0 Å². The van der Waals surface area contributed by atoms with Crippen molar-refractivity contribution in [3.05, 3.63) is 64.7 Å². The summed E-state index contributed by atoms with van der Waals surface area (Å²) < 4.78 is 25.8. The molecule has 0 saturated carbocycles. The van der Waals surface area contributed by atoms with Crippen LogP contribution in [0.15, 0.2) is 54.6 Å². The molecule has 0 heterocycles. The predicted molar refractivity (Wildman–Crippen MR) is 117 cm³/mol. The van der Waals surface area contributed by atoms with E-state index in [1.54, 1.807) is 6.92 Å². The number of amides is 1. The SMILES string of the molecule is CC[C@H](C(=O)NCCN(C)c1ccccc1)N(c1cccc([N+](=O)[O-])c1)S(C)(=O)=O. The van der Waals surface area contributed by atoms with Gasteiger partial charge in [-0.15, -0.1) is 0 Å². The maximum atomic E-state index is 12.8. The molecule has 10 heteroatoms. The number of nitro benzene ring substituents is 1. The number of hydrogen-bond acceptors (Lipinski definition) is 6. The van der Waals surface area contributed by atoms with E-state index in [4.69, 9.17) is 0 Å². The lowest BCUT2D eigenvalue weighted by Crippen LogP contribution is -2.50. The molecule has 0 aliphatic heterocycles. The minimum Gasteiger partial charge on any atom is -0.373 e. The van der Waals surface area contributed by atoms with Crippen LogP contribution in [0, 0.1) is 10.1 Å². The van der Waals surface area contributed by atoms with Crippen molar-refractivity contribution in [3.63, 3.8) is 0 Å². The number of likely N-dealkylation sites (N-methyl/N-ethyl adjacent to an activating group) is 1. The molecule has 0 spiro atoms. The van der Waals surface area contributed by atoms with Crippen LogP contribution in [0.2, 0.25) is 0 Å². The molecule has 1 atom stereocenters. The lowest BCUT2D eigenvalue weighted by molar-refractivity contribution is -0.384. The number of rotatable bonds is 10. The number of carbonyl (C=O) groups is 1. The largest absolute Gasteiger partial charge is 0.373 e. The van der Waals surface area contributed by atoms with Gasteiger partial charge in [0, 0.05) is 38.0 Å². The van der Waals surface area contributed by atoms with Crippen molar-refractivity contribution in [3.8, 4) is 0 Å². The highest BCUT2D eigenvalue weighted by atomic mass is 32.2. The fourth-order valence-electron chi connectivity index (χ4n) is 3.08. The van der Waals surface area contributed by atoms with E-state index >= 15 is 0 Å². The van der Waals surface area contributed by atoms with E-state index in [9.17, 15) is 23.3 Å². The molecule has 0 aromatic heterocycles. The van der Waals surface area contributed by atoms with Crippen LogP contribution in [-0.2, 0) is 14.8 Å². The Morgan fingerprint density at radius 1 is 1.13 bits per heavy atom. The van der Waals surface area contributed by atoms with E-state index in [-0.39, 0.29) is 17.8 Å². The van der Waals surface area contributed by atoms with Gasteiger partial charge in [-0.05, 0) is 24.6 Å². The number of benzene rings is 2. The molecule has 0 aliphatic rings. The Hall–Kier alpha value is -3.14. The lowest BCUT2D eigenvalue weighted by Gasteiger charge is -2.30. The van der Waals surface area contributed by atoms with Gasteiger partial charge in [0.25, 0.3) is 5.69 Å². The molecule has 2 aromatic rings. The van der Waals surface area contributed by atoms with Crippen LogP contribution in [0.3, 0.4) is 0 Å². The lowest BCUT2D eigenvalue weighted by atomic mass is 10.2. The van der Waals surface area contributed by atoms with Crippen LogP contribution in [-0.4, -0.2) is 51.7 Å². The molecule has 1 N–H and O–H groups in total. The van der Waals surface area contributed by atoms with Crippen LogP contribution in [0.4, 0.5) is 17.1 Å². The summed E-state index contributed by atoms with van der Waals surface area (Å²) in [4.78, 5) is 25.2. The topological polar surface area (TPSA) is 113 Å². The van der Waals surface area contributed by atoms with Crippen LogP contribution < -0.4 is 14.5 Å². The molecule has 2 aromatic carbocycles. The van der Waals surface area contributed by atoms with E-state index in [0.717, 1.165) is 22.3 Å². The first kappa shape index (κ1) is 23.1. The second-order valence-corrected chi connectivity index (χ2v) is 8.67. The Kier molecular flexibility index (Phi) is 7.76. The molecule has 0 fully saturated rings. The quantitative estimate of drug-likeness (QED) is 0.454. The summed E-state index contributed by atoms with van der Waals surface area (Å²) in [5.74, 6) is -0.462. The second-order valence-electron chi connectivity index (χ2n) is 6.81. The number of anilines is 2. The molecular weight excluding hydrogens is 408 g/mol. The van der Waals surface area contributed by atoms with E-state index < -0.39 is 26.9 Å². The predicted octanol–water partition coefficient (Wildman–Crippen LogP) is 2.39. The van der Waals surface area contributed by atoms with Crippen LogP contribution in [0.25, 0.3) is 0 Å². The Morgan fingerprint density at radius 3 is 2.33 bits per heavy atom. The molecule has 162 valence electrons. The molecule has 0 radical (unpaired) electrons. The van der Waals surface area contributed by atoms with Crippen molar-refractivity contribution in [1.82, 2.24) is 5.32 Å². The van der Waals surface area contributed by atoms with E-state index in [2.05, 4.69) is 5.32 Å². The number of para-hydroxylation sites is 1. The Bertz CT molecular complexity index is 982. The minimum atomic E-state index is -3.86. The fraction of sp³-hybridized carbons (Fsp3) is 0.350. The number of nitrogens with one attached hydrogen (secondary N) is 1. The van der Waals surface area contributed by atoms with E-state index in [1.807, 2.05) is 42.3 Å². The van der Waals surface area contributed by atoms with Crippen LogP contribution >= 0.6 is 0 Å². The molecule has 0 unspecified atom stereocenters. The first-order chi connectivity index (χ1) is 14.1. The summed E-state index contributed by atoms with van der Waals surface area (Å²) in [5.41, 5.74) is 0.823. The Morgan fingerprint density at radius 2 is 1.77 bits per heavy atom. The van der Waals surface area contributed by atoms with Gasteiger partial charge in [0.05, 0.1) is 16.9 Å². The standard InChI is InChI=1S/C20H26N4O5S/c1-4-19(20(25)21-13-14-22(2)16-9-6-5-7-10-16)23(30(3,28)29)17-11-8-12-18(15-17)24(26)27/h5-12,15,19H,4,13-14H2,1-3H3,(H,21,25)/t19-/m1/s1. The summed E-state index contributed by atoms with van der Waals surface area (Å²) in [5, 5.41) is 13.8. The zero-order valence-electron chi connectivity index (χ0n) is 17.2. The molecule has 0 saturated heterocycles. The monoisotopic (exact) mass is 434 g/mol. The highest BCUT2D eigenvalue weighted by Crippen LogP contribution is 2.26. The molecule has 2 rings (SSSR count). The second kappa shape index (κ2) is 10.1. The molecule has 30 heavy (non-hydrogen) atoms. The van der Waals surface area contributed by atoms with Gasteiger partial charge in [-0.3, -0.25) is 19.2 Å². The van der Waals surface area contributed by atoms with Gasteiger partial charge < -0.3 is 10.2 Å². The number of hydrogen-bond donors (Lipinski definition) is 1. The zero-order valence-corrected chi connectivity index (χ0v) is 18.0. The summed E-state index contributed by atoms with van der Waals surface area (Å²) in [7, 11) is -1.97. The number of nitro groups is 1. The first-order valence-corrected chi connectivity index (χ1v) is 11.3. The summed E-state index contributed by atoms with van der Waals surface area (Å²) >= 11 is 0. The zero-order chi connectivity index (χ0) is 22.3. The fourth-order valence-corrected chi connectivity index (χ4v) is 4.28. The van der Waals surface area contributed by atoms with Crippen molar-refractivity contribution in [1.29, 1.82) is 0 Å². The van der Waals surface area contributed by atoms with E-state index in [0.29, 0.717) is 13.1 Å². The van der Waals surface area contributed by atoms with Crippen LogP contribution in [0.1, 0.15) is 13.3 Å². The average molecular weight is 435 g/mol. The Labute approximate surface area is 176 Å². The highest BCUT2D eigenvalue weighted by Gasteiger charge is 2.32. The molecule has 0 bridgehead atoms. The number of carbonyl (C=O) groups excluding carboxylic acids is 1. The summed E-state index contributed by atoms with van der Waals surface area (Å²) in [6.45, 7) is 2.53. The third kappa shape index (κ3) is 5.93. The highest BCUT2D eigenvalue weighted by molar-refractivity contribution is 7.92. The molecule has 9 nitrogen and oxygen atoms in total. The van der Waals surface area contributed by atoms with Crippen molar-refractivity contribution in [2.75, 3.05) is 35.6 Å².